The SMILES string of the molecule is CC(C)c1cc(-c2ccccc2)c(C(=O)O)c(N2CCOCC2)n1. The summed E-state index contributed by atoms with van der Waals surface area (Å²) in [6.45, 7) is 6.63. The standard InChI is InChI=1S/C19H22N2O3/c1-13(2)16-12-15(14-6-4-3-5-7-14)17(19(22)23)18(20-16)21-8-10-24-11-9-21/h3-7,12-13H,8-11H2,1-2H3,(H,22,23). The van der Waals surface area contributed by atoms with Gasteiger partial charge in [0.25, 0.3) is 0 Å². The molecule has 5 nitrogen and oxygen atoms in total. The lowest BCUT2D eigenvalue weighted by Crippen LogP contribution is -2.38. The Morgan fingerprint density at radius 1 is 1.21 bits per heavy atom. The topological polar surface area (TPSA) is 62.7 Å². The third-order valence-corrected chi connectivity index (χ3v) is 4.22. The van der Waals surface area contributed by atoms with Gasteiger partial charge in [-0.25, -0.2) is 9.78 Å². The summed E-state index contributed by atoms with van der Waals surface area (Å²) in [6.07, 6.45) is 0. The van der Waals surface area contributed by atoms with Crippen LogP contribution < -0.4 is 4.90 Å². The van der Waals surface area contributed by atoms with E-state index in [9.17, 15) is 9.90 Å². The van der Waals surface area contributed by atoms with Gasteiger partial charge in [0.15, 0.2) is 0 Å². The molecule has 1 N–H and O–H groups in total. The van der Waals surface area contributed by atoms with Crippen LogP contribution in [0, 0.1) is 0 Å². The fraction of sp³-hybridized carbons (Fsp3) is 0.368. The number of carboxylic acid groups (broad SMARTS) is 1. The van der Waals surface area contributed by atoms with Gasteiger partial charge in [0.2, 0.25) is 0 Å². The first-order valence-electron chi connectivity index (χ1n) is 8.24. The first-order valence-corrected chi connectivity index (χ1v) is 8.24. The van der Waals surface area contributed by atoms with E-state index in [0.29, 0.717) is 32.1 Å². The number of anilines is 1. The summed E-state index contributed by atoms with van der Waals surface area (Å²) < 4.78 is 5.40. The van der Waals surface area contributed by atoms with Crippen LogP contribution in [0.3, 0.4) is 0 Å². The van der Waals surface area contributed by atoms with Crippen molar-refractivity contribution in [3.05, 3.63) is 47.7 Å². The second-order valence-corrected chi connectivity index (χ2v) is 6.22. The van der Waals surface area contributed by atoms with E-state index in [-0.39, 0.29) is 11.5 Å². The molecule has 0 atom stereocenters. The lowest BCUT2D eigenvalue weighted by Gasteiger charge is -2.30. The van der Waals surface area contributed by atoms with Crippen LogP contribution in [0.4, 0.5) is 5.82 Å². The van der Waals surface area contributed by atoms with E-state index in [0.717, 1.165) is 16.8 Å². The Bertz CT molecular complexity index is 723. The zero-order valence-electron chi connectivity index (χ0n) is 14.0. The Labute approximate surface area is 141 Å². The van der Waals surface area contributed by atoms with Crippen LogP contribution in [0.5, 0.6) is 0 Å². The van der Waals surface area contributed by atoms with Crippen LogP contribution in [0.25, 0.3) is 11.1 Å². The predicted octanol–water partition coefficient (Wildman–Crippen LogP) is 3.41. The maximum absolute atomic E-state index is 12.0. The van der Waals surface area contributed by atoms with Crippen molar-refractivity contribution in [2.75, 3.05) is 31.2 Å². The Morgan fingerprint density at radius 2 is 1.88 bits per heavy atom. The number of ether oxygens (including phenoxy) is 1. The summed E-state index contributed by atoms with van der Waals surface area (Å²) >= 11 is 0. The number of aromatic nitrogens is 1. The second-order valence-electron chi connectivity index (χ2n) is 6.22. The zero-order valence-corrected chi connectivity index (χ0v) is 14.0. The van der Waals surface area contributed by atoms with Crippen molar-refractivity contribution in [2.45, 2.75) is 19.8 Å². The molecule has 0 spiro atoms. The molecule has 2 aromatic rings. The van der Waals surface area contributed by atoms with Crippen LogP contribution in [0.15, 0.2) is 36.4 Å². The van der Waals surface area contributed by atoms with E-state index in [1.807, 2.05) is 41.3 Å². The average Bonchev–Trinajstić information content (AvgIpc) is 2.62. The highest BCUT2D eigenvalue weighted by Gasteiger charge is 2.25. The van der Waals surface area contributed by atoms with Gasteiger partial charge in [-0.3, -0.25) is 0 Å². The lowest BCUT2D eigenvalue weighted by molar-refractivity contribution is 0.0696. The molecule has 0 saturated carbocycles. The molecule has 1 aliphatic heterocycles. The van der Waals surface area contributed by atoms with Gasteiger partial charge in [0, 0.05) is 24.3 Å². The normalized spacial score (nSPS) is 14.9. The number of carboxylic acids is 1. The van der Waals surface area contributed by atoms with Crippen molar-refractivity contribution in [3.8, 4) is 11.1 Å². The number of benzene rings is 1. The number of aromatic carboxylic acids is 1. The quantitative estimate of drug-likeness (QED) is 0.933. The minimum atomic E-state index is -0.946. The van der Waals surface area contributed by atoms with Crippen molar-refractivity contribution < 1.29 is 14.6 Å². The Kier molecular flexibility index (Phi) is 4.81. The molecule has 1 aromatic heterocycles. The van der Waals surface area contributed by atoms with Gasteiger partial charge in [0.05, 0.1) is 13.2 Å². The molecular formula is C19H22N2O3. The molecule has 0 aliphatic carbocycles. The van der Waals surface area contributed by atoms with Crippen molar-refractivity contribution in [2.24, 2.45) is 0 Å². The molecule has 24 heavy (non-hydrogen) atoms. The molecule has 5 heteroatoms. The molecule has 1 saturated heterocycles. The predicted molar refractivity (Wildman–Crippen MR) is 93.8 cm³/mol. The van der Waals surface area contributed by atoms with Gasteiger partial charge in [-0.1, -0.05) is 44.2 Å². The number of hydrogen-bond acceptors (Lipinski definition) is 4. The number of morpholine rings is 1. The van der Waals surface area contributed by atoms with Gasteiger partial charge >= 0.3 is 5.97 Å². The van der Waals surface area contributed by atoms with Gasteiger partial charge in [-0.2, -0.15) is 0 Å². The number of rotatable bonds is 4. The van der Waals surface area contributed by atoms with E-state index >= 15 is 0 Å². The molecule has 3 rings (SSSR count). The smallest absolute Gasteiger partial charge is 0.340 e. The molecule has 126 valence electrons. The van der Waals surface area contributed by atoms with E-state index in [4.69, 9.17) is 9.72 Å². The highest BCUT2D eigenvalue weighted by Crippen LogP contribution is 2.33. The molecular weight excluding hydrogens is 304 g/mol. The van der Waals surface area contributed by atoms with Gasteiger partial charge in [0.1, 0.15) is 11.4 Å². The first-order chi connectivity index (χ1) is 11.6. The van der Waals surface area contributed by atoms with E-state index < -0.39 is 5.97 Å². The summed E-state index contributed by atoms with van der Waals surface area (Å²) in [7, 11) is 0. The van der Waals surface area contributed by atoms with E-state index in [1.165, 1.54) is 0 Å². The zero-order chi connectivity index (χ0) is 17.1. The van der Waals surface area contributed by atoms with E-state index in [1.54, 1.807) is 0 Å². The molecule has 0 radical (unpaired) electrons. The van der Waals surface area contributed by atoms with Crippen molar-refractivity contribution in [1.29, 1.82) is 0 Å². The fourth-order valence-corrected chi connectivity index (χ4v) is 2.91. The van der Waals surface area contributed by atoms with Crippen LogP contribution >= 0.6 is 0 Å². The molecule has 1 aromatic carbocycles. The summed E-state index contributed by atoms with van der Waals surface area (Å²) in [4.78, 5) is 18.8. The number of hydrogen-bond donors (Lipinski definition) is 1. The second kappa shape index (κ2) is 7.01. The van der Waals surface area contributed by atoms with Gasteiger partial charge in [-0.05, 0) is 17.5 Å². The largest absolute Gasteiger partial charge is 0.478 e. The minimum absolute atomic E-state index is 0.218. The molecule has 1 aliphatic rings. The lowest BCUT2D eigenvalue weighted by atomic mass is 9.96. The number of nitrogens with zero attached hydrogens (tertiary/aromatic N) is 2. The van der Waals surface area contributed by atoms with Gasteiger partial charge in [-0.15, -0.1) is 0 Å². The molecule has 1 fully saturated rings. The third-order valence-electron chi connectivity index (χ3n) is 4.22. The summed E-state index contributed by atoms with van der Waals surface area (Å²) in [5.41, 5.74) is 2.80. The van der Waals surface area contributed by atoms with Crippen molar-refractivity contribution in [1.82, 2.24) is 4.98 Å². The Balaban J connectivity index is 2.22. The monoisotopic (exact) mass is 326 g/mol. The highest BCUT2D eigenvalue weighted by atomic mass is 16.5. The van der Waals surface area contributed by atoms with Crippen molar-refractivity contribution >= 4 is 11.8 Å². The Hall–Kier alpha value is -2.40. The van der Waals surface area contributed by atoms with Crippen LogP contribution in [0.1, 0.15) is 35.8 Å². The Morgan fingerprint density at radius 3 is 2.46 bits per heavy atom. The first kappa shape index (κ1) is 16.5. The van der Waals surface area contributed by atoms with Gasteiger partial charge < -0.3 is 14.7 Å². The minimum Gasteiger partial charge on any atom is -0.478 e. The summed E-state index contributed by atoms with van der Waals surface area (Å²) in [5, 5.41) is 9.87. The van der Waals surface area contributed by atoms with Crippen molar-refractivity contribution in [3.63, 3.8) is 0 Å². The summed E-state index contributed by atoms with van der Waals surface area (Å²) in [6, 6.07) is 11.6. The van der Waals surface area contributed by atoms with Crippen LogP contribution in [0.2, 0.25) is 0 Å². The molecule has 2 heterocycles. The number of carbonyl (C=O) groups is 1. The molecule has 0 amide bonds. The maximum atomic E-state index is 12.0. The molecule has 0 unspecified atom stereocenters. The average molecular weight is 326 g/mol. The molecule has 0 bridgehead atoms. The van der Waals surface area contributed by atoms with Crippen LogP contribution in [-0.4, -0.2) is 42.4 Å². The fourth-order valence-electron chi connectivity index (χ4n) is 2.91. The summed E-state index contributed by atoms with van der Waals surface area (Å²) in [5.74, 6) is -0.177. The third kappa shape index (κ3) is 3.26. The maximum Gasteiger partial charge on any atom is 0.340 e. The number of pyridine rings is 1. The van der Waals surface area contributed by atoms with E-state index in [2.05, 4.69) is 13.8 Å². The highest BCUT2D eigenvalue weighted by molar-refractivity contribution is 6.01. The van der Waals surface area contributed by atoms with Crippen LogP contribution in [-0.2, 0) is 4.74 Å².